The number of rotatable bonds is 10. The molecule has 1 aromatic carbocycles. The molecule has 0 radical (unpaired) electrons. The molecule has 3 aromatic rings. The van der Waals surface area contributed by atoms with E-state index in [-0.39, 0.29) is 64.8 Å². The number of alkyl halides is 1. The van der Waals surface area contributed by atoms with Crippen LogP contribution in [-0.4, -0.2) is 89.9 Å². The summed E-state index contributed by atoms with van der Waals surface area (Å²) in [7, 11) is 5.21. The minimum atomic E-state index is -1.11. The monoisotopic (exact) mass is 636 g/mol. The zero-order chi connectivity index (χ0) is 33.5. The molecule has 2 aliphatic rings. The van der Waals surface area contributed by atoms with Gasteiger partial charge in [-0.3, -0.25) is 15.1 Å². The summed E-state index contributed by atoms with van der Waals surface area (Å²) in [5.41, 5.74) is 2.67. The minimum absolute atomic E-state index is 0.0394. The predicted octanol–water partition coefficient (Wildman–Crippen LogP) is 5.31. The number of fused-ring (bicyclic) bond motifs is 1. The van der Waals surface area contributed by atoms with Crippen LogP contribution in [0.15, 0.2) is 30.5 Å². The summed E-state index contributed by atoms with van der Waals surface area (Å²) in [4.78, 5) is 44.6. The largest absolute Gasteiger partial charge is 0.494 e. The van der Waals surface area contributed by atoms with Gasteiger partial charge in [-0.1, -0.05) is 13.8 Å². The molecule has 14 heteroatoms. The van der Waals surface area contributed by atoms with E-state index in [4.69, 9.17) is 19.4 Å². The molecule has 2 aliphatic heterocycles. The van der Waals surface area contributed by atoms with Crippen LogP contribution in [-0.2, 0) is 10.2 Å². The second kappa shape index (κ2) is 12.7. The number of nitrogens with one attached hydrogen (secondary N) is 1. The number of carbonyl (C=O) groups excluding carboxylic acids is 1. The number of anilines is 5. The highest BCUT2D eigenvalue weighted by molar-refractivity contribution is 5.96. The van der Waals surface area contributed by atoms with Crippen molar-refractivity contribution in [2.24, 2.45) is 0 Å². The third-order valence-corrected chi connectivity index (χ3v) is 8.07. The summed E-state index contributed by atoms with van der Waals surface area (Å²) in [6.07, 6.45) is 0.176. The molecule has 2 aromatic heterocycles. The predicted molar refractivity (Wildman–Crippen MR) is 174 cm³/mol. The number of methoxy groups -OCH3 is 1. The van der Waals surface area contributed by atoms with E-state index in [1.807, 2.05) is 43.0 Å². The van der Waals surface area contributed by atoms with Crippen molar-refractivity contribution in [2.75, 3.05) is 56.0 Å². The first-order chi connectivity index (χ1) is 21.7. The number of likely N-dealkylation sites (N-methyl/N-ethyl adjacent to an activating group) is 1. The first-order valence-electron chi connectivity index (χ1n) is 15.2. The number of benzene rings is 1. The number of nitro benzene ring substituents is 1. The molecule has 1 fully saturated rings. The van der Waals surface area contributed by atoms with Crippen molar-refractivity contribution in [3.8, 4) is 5.75 Å². The molecule has 0 saturated carbocycles. The Kier molecular flexibility index (Phi) is 9.03. The van der Waals surface area contributed by atoms with Crippen LogP contribution in [0.5, 0.6) is 5.75 Å². The van der Waals surface area contributed by atoms with Crippen LogP contribution < -0.4 is 19.9 Å². The molecule has 0 spiro atoms. The minimum Gasteiger partial charge on any atom is -0.494 e. The third kappa shape index (κ3) is 6.52. The topological polar surface area (TPSA) is 139 Å². The highest BCUT2D eigenvalue weighted by atomic mass is 19.1. The summed E-state index contributed by atoms with van der Waals surface area (Å²) >= 11 is 0. The molecule has 246 valence electrons. The van der Waals surface area contributed by atoms with Gasteiger partial charge in [0.25, 0.3) is 5.69 Å². The smallest absolute Gasteiger partial charge is 0.343 e. The van der Waals surface area contributed by atoms with Gasteiger partial charge < -0.3 is 29.5 Å². The summed E-state index contributed by atoms with van der Waals surface area (Å²) in [6, 6.07) is 6.50. The number of aromatic nitrogens is 3. The Bertz CT molecular complexity index is 1650. The van der Waals surface area contributed by atoms with Gasteiger partial charge in [0.15, 0.2) is 5.82 Å². The molecule has 46 heavy (non-hydrogen) atoms. The van der Waals surface area contributed by atoms with Crippen LogP contribution in [0.4, 0.5) is 38.9 Å². The van der Waals surface area contributed by atoms with E-state index in [2.05, 4.69) is 24.1 Å². The van der Waals surface area contributed by atoms with E-state index in [0.29, 0.717) is 18.9 Å². The molecular weight excluding hydrogens is 595 g/mol. The molecule has 13 nitrogen and oxygen atoms in total. The Morgan fingerprint density at radius 2 is 1.98 bits per heavy atom. The molecule has 5 rings (SSSR count). The first kappa shape index (κ1) is 32.8. The van der Waals surface area contributed by atoms with E-state index < -0.39 is 17.1 Å². The highest BCUT2D eigenvalue weighted by Crippen LogP contribution is 2.45. The molecule has 0 unspecified atom stereocenters. The molecule has 2 atom stereocenters. The number of hydrogen-bond acceptors (Lipinski definition) is 12. The summed E-state index contributed by atoms with van der Waals surface area (Å²) in [5.74, 6) is 0.0957. The highest BCUT2D eigenvalue weighted by Gasteiger charge is 2.40. The van der Waals surface area contributed by atoms with Crippen molar-refractivity contribution >= 4 is 40.5 Å². The fraction of sp³-hybridized carbons (Fsp3) is 0.500. The van der Waals surface area contributed by atoms with E-state index in [0.717, 1.165) is 17.1 Å². The summed E-state index contributed by atoms with van der Waals surface area (Å²) in [5, 5.41) is 15.4. The molecular formula is C32H41FN8O5. The van der Waals surface area contributed by atoms with Crippen LogP contribution in [0.3, 0.4) is 0 Å². The number of carbonyl (C=O) groups is 1. The van der Waals surface area contributed by atoms with Crippen LogP contribution in [0.1, 0.15) is 55.9 Å². The molecule has 0 bridgehead atoms. The van der Waals surface area contributed by atoms with Crippen LogP contribution >= 0.6 is 0 Å². The number of nitrogens with zero attached hydrogens (tertiary/aromatic N) is 7. The van der Waals surface area contributed by atoms with Crippen molar-refractivity contribution < 1.29 is 23.6 Å². The number of ether oxygens (including phenoxy) is 2. The van der Waals surface area contributed by atoms with E-state index >= 15 is 0 Å². The second-order valence-corrected chi connectivity index (χ2v) is 13.0. The van der Waals surface area contributed by atoms with Crippen molar-refractivity contribution in [2.45, 2.75) is 64.8 Å². The normalized spacial score (nSPS) is 18.7. The van der Waals surface area contributed by atoms with Crippen molar-refractivity contribution in [1.29, 1.82) is 0 Å². The van der Waals surface area contributed by atoms with Gasteiger partial charge in [0.1, 0.15) is 23.2 Å². The third-order valence-electron chi connectivity index (χ3n) is 8.07. The number of pyridine rings is 1. The summed E-state index contributed by atoms with van der Waals surface area (Å²) in [6.45, 7) is 10.7. The van der Waals surface area contributed by atoms with Crippen LogP contribution in [0.25, 0.3) is 0 Å². The maximum Gasteiger partial charge on any atom is 0.343 e. The SMILES string of the molecule is COc1cc(N2C[C@@H](F)C[C@@H]2CN(C)C)c([N+](=O)[O-])cc1Nc1ncc(C(=O)OC(C)C)c(N2CC(C)(C)c3nc(C)ccc32)n1. The van der Waals surface area contributed by atoms with Gasteiger partial charge in [0.05, 0.1) is 35.2 Å². The number of nitro groups is 1. The zero-order valence-corrected chi connectivity index (χ0v) is 27.5. The van der Waals surface area contributed by atoms with Crippen molar-refractivity contribution in [3.05, 3.63) is 57.5 Å². The van der Waals surface area contributed by atoms with E-state index in [9.17, 15) is 19.3 Å². The van der Waals surface area contributed by atoms with Gasteiger partial charge in [0.2, 0.25) is 5.95 Å². The molecule has 4 heterocycles. The number of aryl methyl sites for hydroxylation is 1. The Balaban J connectivity index is 1.58. The number of hydrogen-bond donors (Lipinski definition) is 1. The maximum absolute atomic E-state index is 14.6. The summed E-state index contributed by atoms with van der Waals surface area (Å²) < 4.78 is 25.8. The Morgan fingerprint density at radius 1 is 1.24 bits per heavy atom. The molecule has 0 aliphatic carbocycles. The lowest BCUT2D eigenvalue weighted by Gasteiger charge is -2.29. The Labute approximate surface area is 267 Å². The molecule has 1 saturated heterocycles. The maximum atomic E-state index is 14.6. The number of esters is 1. The Hall–Kier alpha value is -4.59. The van der Waals surface area contributed by atoms with Crippen LogP contribution in [0, 0.1) is 17.0 Å². The van der Waals surface area contributed by atoms with Crippen molar-refractivity contribution in [1.82, 2.24) is 19.9 Å². The first-order valence-corrected chi connectivity index (χ1v) is 15.2. The fourth-order valence-electron chi connectivity index (χ4n) is 6.14. The van der Waals surface area contributed by atoms with Crippen molar-refractivity contribution in [3.63, 3.8) is 0 Å². The lowest BCUT2D eigenvalue weighted by molar-refractivity contribution is -0.384. The lowest BCUT2D eigenvalue weighted by Crippen LogP contribution is -2.37. The van der Waals surface area contributed by atoms with Gasteiger partial charge >= 0.3 is 5.97 Å². The number of halogens is 1. The second-order valence-electron chi connectivity index (χ2n) is 13.0. The fourth-order valence-corrected chi connectivity index (χ4v) is 6.14. The van der Waals surface area contributed by atoms with E-state index in [1.54, 1.807) is 24.8 Å². The Morgan fingerprint density at radius 3 is 2.63 bits per heavy atom. The average molecular weight is 637 g/mol. The van der Waals surface area contributed by atoms with Gasteiger partial charge in [-0.25, -0.2) is 14.2 Å². The van der Waals surface area contributed by atoms with Gasteiger partial charge in [-0.05, 0) is 47.0 Å². The molecule has 0 amide bonds. The average Bonchev–Trinajstić information content (AvgIpc) is 3.46. The molecule has 1 N–H and O–H groups in total. The quantitative estimate of drug-likeness (QED) is 0.175. The van der Waals surface area contributed by atoms with Gasteiger partial charge in [0, 0.05) is 61.5 Å². The van der Waals surface area contributed by atoms with Crippen LogP contribution in [0.2, 0.25) is 0 Å². The van der Waals surface area contributed by atoms with Gasteiger partial charge in [-0.2, -0.15) is 4.98 Å². The van der Waals surface area contributed by atoms with E-state index in [1.165, 1.54) is 19.4 Å². The standard InChI is InChI=1S/C32H41FN8O5/c1-18(2)46-30(42)22-14-34-31(37-29(22)40-17-32(4,5)28-24(40)10-9-19(3)35-28)36-23-12-26(41(43)44)25(13-27(23)45-8)39-15-20(33)11-21(39)16-38(6)7/h9-10,12-14,18,20-21H,11,15-17H2,1-8H3,(H,34,36,37)/t20-,21+/m0/s1. The lowest BCUT2D eigenvalue weighted by atomic mass is 9.91. The zero-order valence-electron chi connectivity index (χ0n) is 27.5. The van der Waals surface area contributed by atoms with Gasteiger partial charge in [-0.15, -0.1) is 0 Å².